The van der Waals surface area contributed by atoms with Crippen LogP contribution in [0.1, 0.15) is 39.0 Å². The number of aromatic nitrogens is 2. The molecule has 0 saturated heterocycles. The molecule has 6 nitrogen and oxygen atoms in total. The molecule has 1 aromatic carbocycles. The van der Waals surface area contributed by atoms with Gasteiger partial charge < -0.3 is 9.47 Å². The highest BCUT2D eigenvalue weighted by molar-refractivity contribution is 7.15. The number of rotatable bonds is 5. The number of thiazole rings is 1. The van der Waals surface area contributed by atoms with Crippen molar-refractivity contribution in [2.45, 2.75) is 45.8 Å². The fourth-order valence-corrected chi connectivity index (χ4v) is 3.25. The fourth-order valence-electron chi connectivity index (χ4n) is 2.51. The number of carbonyl (C=O) groups excluding carboxylic acids is 1. The van der Waals surface area contributed by atoms with E-state index in [0.29, 0.717) is 16.4 Å². The smallest absolute Gasteiger partial charge is 0.347 e. The summed E-state index contributed by atoms with van der Waals surface area (Å²) in [7, 11) is 0. The van der Waals surface area contributed by atoms with E-state index in [4.69, 9.17) is 9.47 Å². The third-order valence-corrected chi connectivity index (χ3v) is 4.84. The van der Waals surface area contributed by atoms with Gasteiger partial charge in [-0.15, -0.1) is 11.3 Å². The maximum atomic E-state index is 12.2. The van der Waals surface area contributed by atoms with Crippen molar-refractivity contribution in [1.82, 2.24) is 9.38 Å². The van der Waals surface area contributed by atoms with Gasteiger partial charge in [-0.25, -0.2) is 9.78 Å². The summed E-state index contributed by atoms with van der Waals surface area (Å²) in [4.78, 5) is 29.0. The molecule has 0 N–H and O–H groups in total. The zero-order valence-electron chi connectivity index (χ0n) is 15.8. The van der Waals surface area contributed by atoms with Gasteiger partial charge in [-0.05, 0) is 30.0 Å². The number of ether oxygens (including phenoxy) is 2. The molecule has 0 aliphatic carbocycles. The van der Waals surface area contributed by atoms with Gasteiger partial charge in [0.15, 0.2) is 11.1 Å². The van der Waals surface area contributed by atoms with Crippen LogP contribution in [-0.2, 0) is 21.6 Å². The molecular formula is C20H22N2O4S. The Morgan fingerprint density at radius 2 is 1.96 bits per heavy atom. The third kappa shape index (κ3) is 4.54. The first-order chi connectivity index (χ1) is 12.7. The average molecular weight is 386 g/mol. The van der Waals surface area contributed by atoms with Crippen molar-refractivity contribution >= 4 is 22.3 Å². The van der Waals surface area contributed by atoms with Crippen molar-refractivity contribution in [3.8, 4) is 5.75 Å². The minimum absolute atomic E-state index is 0.0540. The Hall–Kier alpha value is -2.67. The summed E-state index contributed by atoms with van der Waals surface area (Å²) < 4.78 is 12.4. The minimum atomic E-state index is -0.767. The second-order valence-corrected chi connectivity index (χ2v) is 8.16. The van der Waals surface area contributed by atoms with Crippen LogP contribution in [0.3, 0.4) is 0 Å². The minimum Gasteiger partial charge on any atom is -0.479 e. The molecular weight excluding hydrogens is 364 g/mol. The van der Waals surface area contributed by atoms with Crippen LogP contribution in [0.4, 0.5) is 0 Å². The van der Waals surface area contributed by atoms with Crippen molar-refractivity contribution in [3.63, 3.8) is 0 Å². The molecule has 1 atom stereocenters. The molecule has 0 fully saturated rings. The fraction of sp³-hybridized carbons (Fsp3) is 0.350. The number of esters is 1. The van der Waals surface area contributed by atoms with Crippen LogP contribution < -0.4 is 10.3 Å². The van der Waals surface area contributed by atoms with E-state index in [1.54, 1.807) is 18.5 Å². The van der Waals surface area contributed by atoms with Crippen molar-refractivity contribution in [3.05, 3.63) is 63.5 Å². The first kappa shape index (κ1) is 19.1. The second kappa shape index (κ2) is 7.52. The van der Waals surface area contributed by atoms with Gasteiger partial charge in [-0.1, -0.05) is 32.9 Å². The van der Waals surface area contributed by atoms with Crippen molar-refractivity contribution in [2.75, 3.05) is 0 Å². The Kier molecular flexibility index (Phi) is 5.32. The zero-order chi connectivity index (χ0) is 19.6. The Bertz CT molecular complexity index is 999. The van der Waals surface area contributed by atoms with Crippen LogP contribution in [0.2, 0.25) is 0 Å². The summed E-state index contributed by atoms with van der Waals surface area (Å²) >= 11 is 1.35. The Labute approximate surface area is 161 Å². The number of nitrogens with zero attached hydrogens (tertiary/aromatic N) is 2. The molecule has 0 aliphatic heterocycles. The molecule has 0 radical (unpaired) electrons. The Morgan fingerprint density at radius 3 is 2.63 bits per heavy atom. The molecule has 0 amide bonds. The lowest BCUT2D eigenvalue weighted by Gasteiger charge is -2.20. The van der Waals surface area contributed by atoms with E-state index >= 15 is 0 Å². The van der Waals surface area contributed by atoms with Crippen LogP contribution in [-0.4, -0.2) is 21.5 Å². The molecule has 142 valence electrons. The molecule has 27 heavy (non-hydrogen) atoms. The molecule has 2 aromatic heterocycles. The maximum absolute atomic E-state index is 12.2. The van der Waals surface area contributed by atoms with Crippen LogP contribution >= 0.6 is 11.3 Å². The number of carbonyl (C=O) groups is 1. The Morgan fingerprint density at radius 1 is 1.26 bits per heavy atom. The quantitative estimate of drug-likeness (QED) is 0.627. The van der Waals surface area contributed by atoms with Crippen LogP contribution in [0.15, 0.2) is 46.7 Å². The van der Waals surface area contributed by atoms with Gasteiger partial charge in [-0.2, -0.15) is 0 Å². The van der Waals surface area contributed by atoms with E-state index in [-0.39, 0.29) is 17.6 Å². The maximum Gasteiger partial charge on any atom is 0.347 e. The summed E-state index contributed by atoms with van der Waals surface area (Å²) in [5.41, 5.74) is 1.46. The largest absolute Gasteiger partial charge is 0.479 e. The SMILES string of the molecule is C[C@@H](Oc1ccc(C(C)(C)C)cc1)C(=O)OCc1cc(=O)n2ccsc2n1. The third-order valence-electron chi connectivity index (χ3n) is 4.08. The van der Waals surface area contributed by atoms with E-state index in [1.165, 1.54) is 27.4 Å². The summed E-state index contributed by atoms with van der Waals surface area (Å²) in [5.74, 6) is 0.0897. The van der Waals surface area contributed by atoms with Gasteiger partial charge in [0.2, 0.25) is 0 Å². The summed E-state index contributed by atoms with van der Waals surface area (Å²) in [6.45, 7) is 7.96. The van der Waals surface area contributed by atoms with Crippen LogP contribution in [0.25, 0.3) is 4.96 Å². The molecule has 3 rings (SSSR count). The lowest BCUT2D eigenvalue weighted by molar-refractivity contribution is -0.152. The average Bonchev–Trinajstić information content (AvgIpc) is 3.08. The molecule has 3 aromatic rings. The molecule has 0 aliphatic rings. The Balaban J connectivity index is 1.59. The zero-order valence-corrected chi connectivity index (χ0v) is 16.6. The molecule has 0 unspecified atom stereocenters. The summed E-state index contributed by atoms with van der Waals surface area (Å²) in [5, 5.41) is 1.78. The van der Waals surface area contributed by atoms with Gasteiger partial charge in [0.1, 0.15) is 12.4 Å². The van der Waals surface area contributed by atoms with E-state index in [2.05, 4.69) is 25.8 Å². The first-order valence-electron chi connectivity index (χ1n) is 8.63. The second-order valence-electron chi connectivity index (χ2n) is 7.28. The van der Waals surface area contributed by atoms with Gasteiger partial charge in [0.25, 0.3) is 5.56 Å². The van der Waals surface area contributed by atoms with Crippen molar-refractivity contribution in [2.24, 2.45) is 0 Å². The van der Waals surface area contributed by atoms with Crippen LogP contribution in [0, 0.1) is 0 Å². The van der Waals surface area contributed by atoms with Gasteiger partial charge in [0.05, 0.1) is 5.69 Å². The molecule has 7 heteroatoms. The highest BCUT2D eigenvalue weighted by Crippen LogP contribution is 2.24. The van der Waals surface area contributed by atoms with Crippen molar-refractivity contribution < 1.29 is 14.3 Å². The highest BCUT2D eigenvalue weighted by atomic mass is 32.1. The van der Waals surface area contributed by atoms with E-state index < -0.39 is 12.1 Å². The van der Waals surface area contributed by atoms with Crippen molar-refractivity contribution in [1.29, 1.82) is 0 Å². The molecule has 2 heterocycles. The van der Waals surface area contributed by atoms with E-state index in [1.807, 2.05) is 24.3 Å². The van der Waals surface area contributed by atoms with Crippen LogP contribution in [0.5, 0.6) is 5.75 Å². The number of hydrogen-bond acceptors (Lipinski definition) is 6. The first-order valence-corrected chi connectivity index (χ1v) is 9.51. The normalized spacial score (nSPS) is 12.7. The van der Waals surface area contributed by atoms with Gasteiger partial charge in [-0.3, -0.25) is 9.20 Å². The van der Waals surface area contributed by atoms with Gasteiger partial charge in [0, 0.05) is 17.6 Å². The van der Waals surface area contributed by atoms with E-state index in [9.17, 15) is 9.59 Å². The lowest BCUT2D eigenvalue weighted by Crippen LogP contribution is -2.26. The van der Waals surface area contributed by atoms with E-state index in [0.717, 1.165) is 0 Å². The predicted octanol–water partition coefficient (Wildman–Crippen LogP) is 3.56. The number of hydrogen-bond donors (Lipinski definition) is 0. The highest BCUT2D eigenvalue weighted by Gasteiger charge is 2.18. The molecule has 0 bridgehead atoms. The summed E-state index contributed by atoms with van der Waals surface area (Å²) in [6, 6.07) is 9.03. The molecule has 0 spiro atoms. The summed E-state index contributed by atoms with van der Waals surface area (Å²) in [6.07, 6.45) is 0.892. The monoisotopic (exact) mass is 386 g/mol. The topological polar surface area (TPSA) is 69.9 Å². The number of benzene rings is 1. The predicted molar refractivity (Wildman–Crippen MR) is 104 cm³/mol. The number of fused-ring (bicyclic) bond motifs is 1. The standard InChI is InChI=1S/C20H22N2O4S/c1-13(26-16-7-5-14(6-8-16)20(2,3)4)18(24)25-12-15-11-17(23)22-9-10-27-19(22)21-15/h5-11,13H,12H2,1-4H3/t13-/m1/s1. The van der Waals surface area contributed by atoms with Gasteiger partial charge >= 0.3 is 5.97 Å². The molecule has 0 saturated carbocycles. The lowest BCUT2D eigenvalue weighted by atomic mass is 9.87.